The van der Waals surface area contributed by atoms with Gasteiger partial charge in [0, 0.05) is 6.08 Å². The van der Waals surface area contributed by atoms with E-state index in [9.17, 15) is 9.90 Å². The second kappa shape index (κ2) is 3.53. The molecule has 0 spiro atoms. The number of hydrogen-bond acceptors (Lipinski definition) is 2. The van der Waals surface area contributed by atoms with Crippen LogP contribution < -0.4 is 5.73 Å². The molecule has 0 aromatic heterocycles. The van der Waals surface area contributed by atoms with Gasteiger partial charge in [-0.1, -0.05) is 6.42 Å². The molecule has 11 heavy (non-hydrogen) atoms. The van der Waals surface area contributed by atoms with Crippen LogP contribution in [-0.4, -0.2) is 17.1 Å². The van der Waals surface area contributed by atoms with Gasteiger partial charge in [-0.3, -0.25) is 4.79 Å². The number of rotatable bonds is 1. The zero-order valence-electron chi connectivity index (χ0n) is 6.42. The van der Waals surface area contributed by atoms with Crippen LogP contribution in [0.2, 0.25) is 0 Å². The van der Waals surface area contributed by atoms with E-state index in [2.05, 4.69) is 0 Å². The van der Waals surface area contributed by atoms with Crippen molar-refractivity contribution in [2.45, 2.75) is 31.8 Å². The zero-order valence-corrected chi connectivity index (χ0v) is 6.42. The first kappa shape index (κ1) is 8.27. The van der Waals surface area contributed by atoms with E-state index in [0.29, 0.717) is 0 Å². The van der Waals surface area contributed by atoms with E-state index in [1.807, 2.05) is 0 Å². The minimum absolute atomic E-state index is 0.434. The number of carbonyl (C=O) groups excluding carboxylic acids is 1. The first-order valence-corrected chi connectivity index (χ1v) is 3.88. The summed E-state index contributed by atoms with van der Waals surface area (Å²) in [4.78, 5) is 10.4. The molecule has 0 radical (unpaired) electrons. The second-order valence-corrected chi connectivity index (χ2v) is 2.88. The maximum absolute atomic E-state index is 10.4. The van der Waals surface area contributed by atoms with Gasteiger partial charge in [-0.05, 0) is 24.8 Å². The van der Waals surface area contributed by atoms with Crippen LogP contribution in [0.5, 0.6) is 0 Å². The van der Waals surface area contributed by atoms with Crippen LogP contribution in [0.3, 0.4) is 0 Å². The normalized spacial score (nSPS) is 28.8. The van der Waals surface area contributed by atoms with Crippen molar-refractivity contribution in [3.63, 3.8) is 0 Å². The molecule has 0 aromatic rings. The quantitative estimate of drug-likeness (QED) is 0.536. The lowest BCUT2D eigenvalue weighted by molar-refractivity contribution is -0.113. The highest BCUT2D eigenvalue weighted by Crippen LogP contribution is 2.22. The Hall–Kier alpha value is -0.830. The Morgan fingerprint density at radius 3 is 2.91 bits per heavy atom. The molecular weight excluding hydrogens is 142 g/mol. The Kier molecular flexibility index (Phi) is 2.65. The Morgan fingerprint density at radius 1 is 1.64 bits per heavy atom. The maximum Gasteiger partial charge on any atom is 0.241 e. The average molecular weight is 155 g/mol. The molecule has 3 N–H and O–H groups in total. The van der Waals surface area contributed by atoms with Crippen molar-refractivity contribution in [3.05, 3.63) is 11.6 Å². The predicted molar refractivity (Wildman–Crippen MR) is 41.8 cm³/mol. The highest BCUT2D eigenvalue weighted by molar-refractivity contribution is 5.86. The van der Waals surface area contributed by atoms with Gasteiger partial charge in [0.1, 0.15) is 0 Å². The number of amides is 1. The molecule has 0 aromatic carbocycles. The van der Waals surface area contributed by atoms with Crippen LogP contribution in [0.25, 0.3) is 0 Å². The van der Waals surface area contributed by atoms with Gasteiger partial charge < -0.3 is 10.8 Å². The van der Waals surface area contributed by atoms with E-state index < -0.39 is 12.0 Å². The number of primary amides is 1. The SMILES string of the molecule is NC(=O)/C=C1/CCCCC1O. The highest BCUT2D eigenvalue weighted by Gasteiger charge is 2.15. The van der Waals surface area contributed by atoms with E-state index in [1.165, 1.54) is 6.08 Å². The van der Waals surface area contributed by atoms with Crippen LogP contribution in [0.15, 0.2) is 11.6 Å². The van der Waals surface area contributed by atoms with Crippen molar-refractivity contribution in [2.24, 2.45) is 5.73 Å². The summed E-state index contributed by atoms with van der Waals surface area (Å²) < 4.78 is 0. The van der Waals surface area contributed by atoms with Crippen molar-refractivity contribution in [3.8, 4) is 0 Å². The predicted octanol–water partition coefficient (Wildman–Crippen LogP) is 0.333. The Balaban J connectivity index is 2.60. The molecule has 62 valence electrons. The number of carbonyl (C=O) groups is 1. The van der Waals surface area contributed by atoms with Gasteiger partial charge in [-0.15, -0.1) is 0 Å². The number of nitrogens with two attached hydrogens (primary N) is 1. The molecule has 0 bridgehead atoms. The molecule has 1 saturated carbocycles. The number of hydrogen-bond donors (Lipinski definition) is 2. The largest absolute Gasteiger partial charge is 0.389 e. The lowest BCUT2D eigenvalue weighted by Crippen LogP contribution is -2.18. The summed E-state index contributed by atoms with van der Waals surface area (Å²) in [5.41, 5.74) is 5.75. The lowest BCUT2D eigenvalue weighted by atomic mass is 9.92. The fraction of sp³-hybridized carbons (Fsp3) is 0.625. The van der Waals surface area contributed by atoms with Crippen molar-refractivity contribution in [2.75, 3.05) is 0 Å². The lowest BCUT2D eigenvalue weighted by Gasteiger charge is -2.19. The fourth-order valence-corrected chi connectivity index (χ4v) is 1.37. The number of aliphatic hydroxyl groups is 1. The first-order valence-electron chi connectivity index (χ1n) is 3.88. The molecule has 1 unspecified atom stereocenters. The van der Waals surface area contributed by atoms with E-state index in [4.69, 9.17) is 5.73 Å². The van der Waals surface area contributed by atoms with Crippen molar-refractivity contribution in [1.29, 1.82) is 0 Å². The monoisotopic (exact) mass is 155 g/mol. The summed E-state index contributed by atoms with van der Waals surface area (Å²) in [6, 6.07) is 0. The Bertz CT molecular complexity index is 187. The fourth-order valence-electron chi connectivity index (χ4n) is 1.37. The molecule has 0 aliphatic heterocycles. The summed E-state index contributed by atoms with van der Waals surface area (Å²) in [7, 11) is 0. The molecule has 1 aliphatic rings. The Labute approximate surface area is 65.9 Å². The molecule has 3 heteroatoms. The smallest absolute Gasteiger partial charge is 0.241 e. The molecule has 3 nitrogen and oxygen atoms in total. The summed E-state index contributed by atoms with van der Waals surface area (Å²) in [6.07, 6.45) is 4.58. The minimum Gasteiger partial charge on any atom is -0.389 e. The van der Waals surface area contributed by atoms with Crippen LogP contribution in [0.4, 0.5) is 0 Å². The van der Waals surface area contributed by atoms with Crippen molar-refractivity contribution >= 4 is 5.91 Å². The Morgan fingerprint density at radius 2 is 2.36 bits per heavy atom. The van der Waals surface area contributed by atoms with Gasteiger partial charge >= 0.3 is 0 Å². The van der Waals surface area contributed by atoms with Gasteiger partial charge in [-0.2, -0.15) is 0 Å². The van der Waals surface area contributed by atoms with Gasteiger partial charge in [0.15, 0.2) is 0 Å². The third kappa shape index (κ3) is 2.35. The molecule has 1 atom stereocenters. The molecule has 0 saturated heterocycles. The molecular formula is C8H13NO2. The van der Waals surface area contributed by atoms with Crippen molar-refractivity contribution < 1.29 is 9.90 Å². The second-order valence-electron chi connectivity index (χ2n) is 2.88. The standard InChI is InChI=1S/C8H13NO2/c9-8(11)5-6-3-1-2-4-7(6)10/h5,7,10H,1-4H2,(H2,9,11)/b6-5-. The topological polar surface area (TPSA) is 63.3 Å². The molecule has 1 rings (SSSR count). The summed E-state index contributed by atoms with van der Waals surface area (Å²) >= 11 is 0. The summed E-state index contributed by atoms with van der Waals surface area (Å²) in [5.74, 6) is -0.457. The van der Waals surface area contributed by atoms with E-state index in [0.717, 1.165) is 31.3 Å². The maximum atomic E-state index is 10.4. The summed E-state index contributed by atoms with van der Waals surface area (Å²) in [5, 5.41) is 9.34. The van der Waals surface area contributed by atoms with Gasteiger partial charge in [-0.25, -0.2) is 0 Å². The average Bonchev–Trinajstić information content (AvgIpc) is 1.93. The third-order valence-electron chi connectivity index (χ3n) is 1.95. The molecule has 1 amide bonds. The zero-order chi connectivity index (χ0) is 8.27. The molecule has 1 fully saturated rings. The van der Waals surface area contributed by atoms with E-state index in [-0.39, 0.29) is 0 Å². The van der Waals surface area contributed by atoms with Gasteiger partial charge in [0.05, 0.1) is 6.10 Å². The first-order chi connectivity index (χ1) is 5.20. The van der Waals surface area contributed by atoms with E-state index >= 15 is 0 Å². The highest BCUT2D eigenvalue weighted by atomic mass is 16.3. The minimum atomic E-state index is -0.457. The number of aliphatic hydroxyl groups excluding tert-OH is 1. The third-order valence-corrected chi connectivity index (χ3v) is 1.95. The van der Waals surface area contributed by atoms with Crippen LogP contribution in [-0.2, 0) is 4.79 Å². The van der Waals surface area contributed by atoms with Gasteiger partial charge in [0.2, 0.25) is 5.91 Å². The van der Waals surface area contributed by atoms with Crippen LogP contribution in [0, 0.1) is 0 Å². The van der Waals surface area contributed by atoms with E-state index in [1.54, 1.807) is 0 Å². The summed E-state index contributed by atoms with van der Waals surface area (Å²) in [6.45, 7) is 0. The van der Waals surface area contributed by atoms with Gasteiger partial charge in [0.25, 0.3) is 0 Å². The molecule has 1 aliphatic carbocycles. The van der Waals surface area contributed by atoms with Crippen molar-refractivity contribution in [1.82, 2.24) is 0 Å². The van der Waals surface area contributed by atoms with Crippen LogP contribution >= 0.6 is 0 Å². The molecule has 0 heterocycles. The van der Waals surface area contributed by atoms with Crippen LogP contribution in [0.1, 0.15) is 25.7 Å².